The minimum Gasteiger partial charge on any atom is -0.478 e. The van der Waals surface area contributed by atoms with Crippen LogP contribution >= 0.6 is 0 Å². The van der Waals surface area contributed by atoms with E-state index >= 15 is 0 Å². The molecule has 0 amide bonds. The molecule has 0 fully saturated rings. The standard InChI is InChI=1S/C21H16O4.C6H6/c1-5-13-15(19(22)23)9-7-11-17(13)21(3,4)18-12-8-10-16(20(24)25)14(18)6-2;1-2-4-6-5-3-1/h1-2,7-12H,3-4H3,(H,22,23)(H,24,25);1-6H. The highest BCUT2D eigenvalue weighted by atomic mass is 16.4. The molecule has 0 saturated heterocycles. The van der Waals surface area contributed by atoms with E-state index in [1.165, 1.54) is 12.1 Å². The summed E-state index contributed by atoms with van der Waals surface area (Å²) >= 11 is 0. The third kappa shape index (κ3) is 5.01. The predicted octanol–water partition coefficient (Wildman–Crippen LogP) is 5.06. The number of rotatable bonds is 4. The number of carbonyl (C=O) groups is 2. The molecule has 4 nitrogen and oxygen atoms in total. The molecular formula is C27H22O4. The Hall–Kier alpha value is -4.28. The van der Waals surface area contributed by atoms with Crippen molar-refractivity contribution >= 4 is 11.9 Å². The van der Waals surface area contributed by atoms with Gasteiger partial charge in [-0.25, -0.2) is 9.59 Å². The number of hydrogen-bond donors (Lipinski definition) is 2. The summed E-state index contributed by atoms with van der Waals surface area (Å²) in [6, 6.07) is 21.6. The van der Waals surface area contributed by atoms with Gasteiger partial charge in [0.15, 0.2) is 0 Å². The van der Waals surface area contributed by atoms with Crippen molar-refractivity contribution in [3.8, 4) is 24.7 Å². The number of hydrogen-bond acceptors (Lipinski definition) is 2. The lowest BCUT2D eigenvalue weighted by molar-refractivity contribution is 0.0685. The molecule has 0 atom stereocenters. The topological polar surface area (TPSA) is 74.6 Å². The van der Waals surface area contributed by atoms with E-state index in [0.29, 0.717) is 11.1 Å². The Balaban J connectivity index is 0.000000488. The molecule has 3 aromatic rings. The second kappa shape index (κ2) is 9.96. The predicted molar refractivity (Wildman–Crippen MR) is 121 cm³/mol. The van der Waals surface area contributed by atoms with E-state index in [9.17, 15) is 19.8 Å². The molecule has 0 aliphatic carbocycles. The van der Waals surface area contributed by atoms with Gasteiger partial charge in [-0.05, 0) is 23.3 Å². The highest BCUT2D eigenvalue weighted by molar-refractivity contribution is 5.92. The zero-order valence-corrected chi connectivity index (χ0v) is 17.3. The smallest absolute Gasteiger partial charge is 0.336 e. The van der Waals surface area contributed by atoms with Crippen molar-refractivity contribution in [2.24, 2.45) is 0 Å². The molecule has 0 bridgehead atoms. The largest absolute Gasteiger partial charge is 0.478 e. The van der Waals surface area contributed by atoms with Crippen LogP contribution in [0.25, 0.3) is 0 Å². The zero-order chi connectivity index (χ0) is 23.0. The second-order valence-electron chi connectivity index (χ2n) is 7.13. The number of carboxylic acids is 2. The molecule has 31 heavy (non-hydrogen) atoms. The number of terminal acetylenes is 2. The van der Waals surface area contributed by atoms with Crippen molar-refractivity contribution in [3.05, 3.63) is 106 Å². The quantitative estimate of drug-likeness (QED) is 0.590. The summed E-state index contributed by atoms with van der Waals surface area (Å²) in [5, 5.41) is 18.7. The molecule has 0 saturated carbocycles. The maximum Gasteiger partial charge on any atom is 0.336 e. The Bertz CT molecular complexity index is 1070. The molecule has 3 rings (SSSR count). The van der Waals surface area contributed by atoms with Crippen LogP contribution in [0.5, 0.6) is 0 Å². The van der Waals surface area contributed by atoms with E-state index in [-0.39, 0.29) is 22.3 Å². The Kier molecular flexibility index (Phi) is 7.39. The van der Waals surface area contributed by atoms with E-state index in [2.05, 4.69) is 11.8 Å². The van der Waals surface area contributed by atoms with Gasteiger partial charge in [0, 0.05) is 16.5 Å². The monoisotopic (exact) mass is 410 g/mol. The van der Waals surface area contributed by atoms with Crippen LogP contribution in [-0.4, -0.2) is 22.2 Å². The maximum atomic E-state index is 11.5. The average Bonchev–Trinajstić information content (AvgIpc) is 2.79. The molecule has 0 spiro atoms. The first kappa shape index (κ1) is 23.0. The van der Waals surface area contributed by atoms with Crippen LogP contribution in [0, 0.1) is 24.7 Å². The van der Waals surface area contributed by atoms with Gasteiger partial charge in [0.25, 0.3) is 0 Å². The van der Waals surface area contributed by atoms with Gasteiger partial charge in [-0.1, -0.05) is 86.4 Å². The highest BCUT2D eigenvalue weighted by Crippen LogP contribution is 2.37. The molecular weight excluding hydrogens is 388 g/mol. The van der Waals surface area contributed by atoms with Gasteiger partial charge >= 0.3 is 11.9 Å². The van der Waals surface area contributed by atoms with E-state index < -0.39 is 17.4 Å². The SMILES string of the molecule is C#Cc1c(C(=O)O)cccc1C(C)(C)c1cccc(C(=O)O)c1C#C.c1ccccc1. The molecule has 3 aromatic carbocycles. The molecule has 0 aliphatic heterocycles. The molecule has 0 aliphatic rings. The van der Waals surface area contributed by atoms with Crippen molar-refractivity contribution in [1.29, 1.82) is 0 Å². The lowest BCUT2D eigenvalue weighted by Crippen LogP contribution is -2.24. The van der Waals surface area contributed by atoms with Crippen molar-refractivity contribution in [2.45, 2.75) is 19.3 Å². The molecule has 154 valence electrons. The van der Waals surface area contributed by atoms with Crippen LogP contribution in [-0.2, 0) is 5.41 Å². The van der Waals surface area contributed by atoms with E-state index in [4.69, 9.17) is 12.8 Å². The van der Waals surface area contributed by atoms with Crippen LogP contribution in [0.2, 0.25) is 0 Å². The van der Waals surface area contributed by atoms with Gasteiger partial charge in [-0.3, -0.25) is 0 Å². The Morgan fingerprint density at radius 3 is 1.26 bits per heavy atom. The van der Waals surface area contributed by atoms with E-state index in [1.807, 2.05) is 50.2 Å². The van der Waals surface area contributed by atoms with Crippen LogP contribution in [0.4, 0.5) is 0 Å². The zero-order valence-electron chi connectivity index (χ0n) is 17.3. The molecule has 0 heterocycles. The minimum atomic E-state index is -1.12. The molecule has 4 heteroatoms. The fraction of sp³-hybridized carbons (Fsp3) is 0.111. The lowest BCUT2D eigenvalue weighted by atomic mass is 9.73. The van der Waals surface area contributed by atoms with Gasteiger partial charge < -0.3 is 10.2 Å². The molecule has 0 unspecified atom stereocenters. The first-order valence-electron chi connectivity index (χ1n) is 9.42. The van der Waals surface area contributed by atoms with Gasteiger partial charge in [0.05, 0.1) is 11.1 Å². The van der Waals surface area contributed by atoms with Crippen molar-refractivity contribution in [3.63, 3.8) is 0 Å². The first-order chi connectivity index (χ1) is 14.8. The van der Waals surface area contributed by atoms with Crippen LogP contribution in [0.15, 0.2) is 72.8 Å². The number of aromatic carboxylic acids is 2. The van der Waals surface area contributed by atoms with Crippen LogP contribution < -0.4 is 0 Å². The van der Waals surface area contributed by atoms with E-state index in [1.54, 1.807) is 24.3 Å². The third-order valence-electron chi connectivity index (χ3n) is 4.89. The summed E-state index contributed by atoms with van der Waals surface area (Å²) in [4.78, 5) is 22.9. The summed E-state index contributed by atoms with van der Waals surface area (Å²) < 4.78 is 0. The summed E-state index contributed by atoms with van der Waals surface area (Å²) in [7, 11) is 0. The summed E-state index contributed by atoms with van der Waals surface area (Å²) in [5.74, 6) is 2.65. The normalized spacial score (nSPS) is 10.1. The minimum absolute atomic E-state index is 0.0183. The first-order valence-corrected chi connectivity index (χ1v) is 9.42. The van der Waals surface area contributed by atoms with E-state index in [0.717, 1.165) is 0 Å². The van der Waals surface area contributed by atoms with Gasteiger partial charge in [-0.2, -0.15) is 0 Å². The van der Waals surface area contributed by atoms with Crippen molar-refractivity contribution in [1.82, 2.24) is 0 Å². The summed E-state index contributed by atoms with van der Waals surface area (Å²) in [6.07, 6.45) is 11.1. The number of carboxylic acid groups (broad SMARTS) is 2. The number of benzene rings is 3. The highest BCUT2D eigenvalue weighted by Gasteiger charge is 2.31. The van der Waals surface area contributed by atoms with Crippen molar-refractivity contribution in [2.75, 3.05) is 0 Å². The summed E-state index contributed by atoms with van der Waals surface area (Å²) in [5.41, 5.74) is 0.935. The second-order valence-corrected chi connectivity index (χ2v) is 7.13. The van der Waals surface area contributed by atoms with Gasteiger partial charge in [-0.15, -0.1) is 12.8 Å². The Labute approximate surface area is 182 Å². The Morgan fingerprint density at radius 1 is 0.677 bits per heavy atom. The van der Waals surface area contributed by atoms with Crippen LogP contribution in [0.3, 0.4) is 0 Å². The molecule has 2 N–H and O–H groups in total. The van der Waals surface area contributed by atoms with Gasteiger partial charge in [0.1, 0.15) is 0 Å². The third-order valence-corrected chi connectivity index (χ3v) is 4.89. The van der Waals surface area contributed by atoms with Gasteiger partial charge in [0.2, 0.25) is 0 Å². The molecule has 0 radical (unpaired) electrons. The lowest BCUT2D eigenvalue weighted by Gasteiger charge is -2.29. The van der Waals surface area contributed by atoms with Crippen LogP contribution in [0.1, 0.15) is 56.8 Å². The van der Waals surface area contributed by atoms with Crippen molar-refractivity contribution < 1.29 is 19.8 Å². The maximum absolute atomic E-state index is 11.5. The Morgan fingerprint density at radius 2 is 1.00 bits per heavy atom. The molecule has 0 aromatic heterocycles. The summed E-state index contributed by atoms with van der Waals surface area (Å²) in [6.45, 7) is 3.66. The fourth-order valence-corrected chi connectivity index (χ4v) is 3.34. The average molecular weight is 410 g/mol. The fourth-order valence-electron chi connectivity index (χ4n) is 3.34.